The minimum Gasteiger partial charge on any atom is -0.221 e. The monoisotopic (exact) mass is 310 g/mol. The molecule has 12 heteroatoms. The van der Waals surface area contributed by atoms with Crippen molar-refractivity contribution in [3.63, 3.8) is 0 Å². The molecule has 0 heterocycles. The van der Waals surface area contributed by atoms with Gasteiger partial charge in [-0.25, -0.2) is 16.8 Å². The topological polar surface area (TPSA) is 166 Å². The molecule has 0 N–H and O–H groups in total. The fraction of sp³-hybridized carbons (Fsp3) is 1.00. The van der Waals surface area contributed by atoms with Crippen molar-refractivity contribution in [3.05, 3.63) is 20.9 Å². The first-order valence-electron chi connectivity index (χ1n) is 5.41. The highest BCUT2D eigenvalue weighted by Gasteiger charge is 2.08. The zero-order valence-corrected chi connectivity index (χ0v) is 11.7. The number of unbranched alkanes of at least 4 members (excludes halogenated alkanes) is 4. The zero-order chi connectivity index (χ0) is 14.8. The van der Waals surface area contributed by atoms with Crippen LogP contribution in [0.15, 0.2) is 9.04 Å². The second kappa shape index (κ2) is 8.59. The van der Waals surface area contributed by atoms with Gasteiger partial charge in [-0.3, -0.25) is 0 Å². The van der Waals surface area contributed by atoms with Gasteiger partial charge in [0.25, 0.3) is 0 Å². The Morgan fingerprint density at radius 1 is 0.684 bits per heavy atom. The number of hydrogen-bond donors (Lipinski definition) is 0. The molecule has 19 heavy (non-hydrogen) atoms. The average Bonchev–Trinajstić information content (AvgIpc) is 2.27. The Kier molecular flexibility index (Phi) is 7.92. The molecule has 0 fully saturated rings. The molecule has 10 nitrogen and oxygen atoms in total. The van der Waals surface area contributed by atoms with E-state index < -0.39 is 20.0 Å². The van der Waals surface area contributed by atoms with Crippen molar-refractivity contribution < 1.29 is 16.8 Å². The van der Waals surface area contributed by atoms with Gasteiger partial charge in [0.2, 0.25) is 20.0 Å². The lowest BCUT2D eigenvalue weighted by Crippen LogP contribution is -2.02. The number of nitrogens with zero attached hydrogens (tertiary/aromatic N) is 6. The molecule has 0 saturated carbocycles. The van der Waals surface area contributed by atoms with E-state index in [2.05, 4.69) is 18.9 Å². The third-order valence-corrected chi connectivity index (χ3v) is 4.38. The minimum absolute atomic E-state index is 0.214. The van der Waals surface area contributed by atoms with E-state index in [-0.39, 0.29) is 11.5 Å². The van der Waals surface area contributed by atoms with Crippen molar-refractivity contribution in [1.29, 1.82) is 0 Å². The van der Waals surface area contributed by atoms with Crippen LogP contribution >= 0.6 is 0 Å². The van der Waals surface area contributed by atoms with E-state index in [1.165, 1.54) is 0 Å². The van der Waals surface area contributed by atoms with Crippen LogP contribution in [0.3, 0.4) is 0 Å². The lowest BCUT2D eigenvalue weighted by Gasteiger charge is -2.00. The van der Waals surface area contributed by atoms with Gasteiger partial charge in [-0.15, -0.1) is 0 Å². The number of hydrogen-bond acceptors (Lipinski definition) is 4. The van der Waals surface area contributed by atoms with Gasteiger partial charge in [0.1, 0.15) is 0 Å². The summed E-state index contributed by atoms with van der Waals surface area (Å²) in [5.41, 5.74) is 16.0. The third-order valence-electron chi connectivity index (χ3n) is 2.13. The molecule has 108 valence electrons. The van der Waals surface area contributed by atoms with Crippen molar-refractivity contribution in [2.45, 2.75) is 32.1 Å². The fourth-order valence-electron chi connectivity index (χ4n) is 1.29. The van der Waals surface area contributed by atoms with Crippen LogP contribution in [-0.4, -0.2) is 28.3 Å². The molecule has 0 rings (SSSR count). The maximum atomic E-state index is 11.0. The SMILES string of the molecule is [N-]=[N+]=NS(=O)(=O)CCCCCCCS(=O)(=O)N=[N+]=[N-]. The summed E-state index contributed by atoms with van der Waals surface area (Å²) < 4.78 is 49.2. The van der Waals surface area contributed by atoms with E-state index in [9.17, 15) is 16.8 Å². The quantitative estimate of drug-likeness (QED) is 0.261. The van der Waals surface area contributed by atoms with Crippen LogP contribution < -0.4 is 0 Å². The third kappa shape index (κ3) is 10.2. The van der Waals surface area contributed by atoms with Gasteiger partial charge in [0, 0.05) is 18.9 Å². The fourth-order valence-corrected chi connectivity index (χ4v) is 2.82. The largest absolute Gasteiger partial charge is 0.235 e. The van der Waals surface area contributed by atoms with Crippen LogP contribution in [0.4, 0.5) is 0 Å². The Bertz CT molecular complexity index is 519. The van der Waals surface area contributed by atoms with Crippen LogP contribution in [-0.2, 0) is 20.0 Å². The van der Waals surface area contributed by atoms with Gasteiger partial charge >= 0.3 is 0 Å². The molecule has 0 aromatic rings. The number of azide groups is 2. The highest BCUT2D eigenvalue weighted by molar-refractivity contribution is 7.90. The van der Waals surface area contributed by atoms with Gasteiger partial charge in [-0.1, -0.05) is 19.3 Å². The summed E-state index contributed by atoms with van der Waals surface area (Å²) >= 11 is 0. The smallest absolute Gasteiger partial charge is 0.221 e. The van der Waals surface area contributed by atoms with Crippen LogP contribution in [0.25, 0.3) is 20.9 Å². The molecule has 0 radical (unpaired) electrons. The second-order valence-electron chi connectivity index (χ2n) is 3.68. The van der Waals surface area contributed by atoms with Crippen LogP contribution in [0, 0.1) is 0 Å². The summed E-state index contributed by atoms with van der Waals surface area (Å²) in [5, 5.41) is 0. The molecule has 0 aromatic heterocycles. The van der Waals surface area contributed by atoms with Crippen LogP contribution in [0.5, 0.6) is 0 Å². The maximum absolute atomic E-state index is 11.0. The molecule has 0 bridgehead atoms. The van der Waals surface area contributed by atoms with Gasteiger partial charge < -0.3 is 0 Å². The molecule has 0 aliphatic rings. The normalized spacial score (nSPS) is 11.4. The van der Waals surface area contributed by atoms with E-state index >= 15 is 0 Å². The molecule has 0 spiro atoms. The van der Waals surface area contributed by atoms with Crippen molar-refractivity contribution in [2.75, 3.05) is 11.5 Å². The molecule has 0 saturated heterocycles. The summed E-state index contributed by atoms with van der Waals surface area (Å²) in [6.07, 6.45) is 2.52. The van der Waals surface area contributed by atoms with Crippen molar-refractivity contribution in [1.82, 2.24) is 0 Å². The van der Waals surface area contributed by atoms with E-state index in [4.69, 9.17) is 11.1 Å². The van der Waals surface area contributed by atoms with E-state index in [0.29, 0.717) is 32.1 Å². The van der Waals surface area contributed by atoms with Crippen molar-refractivity contribution in [3.8, 4) is 0 Å². The molecule has 0 amide bonds. The summed E-state index contributed by atoms with van der Waals surface area (Å²) in [4.78, 5) is 4.42. The molecule has 0 aliphatic carbocycles. The maximum Gasteiger partial charge on any atom is 0.235 e. The average molecular weight is 310 g/mol. The Morgan fingerprint density at radius 3 is 1.32 bits per heavy atom. The summed E-state index contributed by atoms with van der Waals surface area (Å²) in [5.74, 6) is -0.428. The molecular weight excluding hydrogens is 296 g/mol. The van der Waals surface area contributed by atoms with E-state index in [1.54, 1.807) is 0 Å². The Morgan fingerprint density at radius 2 is 1.00 bits per heavy atom. The highest BCUT2D eigenvalue weighted by Crippen LogP contribution is 2.08. The first-order valence-corrected chi connectivity index (χ1v) is 8.63. The molecule has 0 aliphatic heterocycles. The Hall–Kier alpha value is -1.48. The lowest BCUT2D eigenvalue weighted by molar-refractivity contribution is 0.583. The second-order valence-corrected chi connectivity index (χ2v) is 7.15. The molecule has 0 aromatic carbocycles. The van der Waals surface area contributed by atoms with E-state index in [0.717, 1.165) is 0 Å². The van der Waals surface area contributed by atoms with Crippen LogP contribution in [0.2, 0.25) is 0 Å². The predicted octanol–water partition coefficient (Wildman–Crippen LogP) is 2.22. The first-order chi connectivity index (χ1) is 8.83. The zero-order valence-electron chi connectivity index (χ0n) is 10.1. The molecule has 0 atom stereocenters. The van der Waals surface area contributed by atoms with E-state index in [1.807, 2.05) is 0 Å². The summed E-state index contributed by atoms with van der Waals surface area (Å²) in [6, 6.07) is 0. The Balaban J connectivity index is 3.74. The number of sulfonamides is 2. The van der Waals surface area contributed by atoms with Crippen molar-refractivity contribution in [2.24, 2.45) is 9.04 Å². The Labute approximate surface area is 111 Å². The highest BCUT2D eigenvalue weighted by atomic mass is 32.2. The van der Waals surface area contributed by atoms with Crippen molar-refractivity contribution >= 4 is 20.0 Å². The van der Waals surface area contributed by atoms with Gasteiger partial charge in [0.05, 0.1) is 11.5 Å². The standard InChI is InChI=1S/C7H14N6O4S2/c8-10-12-18(14,15)6-4-2-1-3-5-7-19(16,17)13-11-9/h1-7H2. The lowest BCUT2D eigenvalue weighted by atomic mass is 10.2. The summed E-state index contributed by atoms with van der Waals surface area (Å²) in [7, 11) is -7.40. The summed E-state index contributed by atoms with van der Waals surface area (Å²) in [6.45, 7) is 0. The van der Waals surface area contributed by atoms with Gasteiger partial charge in [-0.2, -0.15) is 0 Å². The predicted molar refractivity (Wildman–Crippen MR) is 69.0 cm³/mol. The first kappa shape index (κ1) is 17.5. The molecular formula is C7H14N6O4S2. The molecule has 0 unspecified atom stereocenters. The van der Waals surface area contributed by atoms with Gasteiger partial charge in [0.15, 0.2) is 0 Å². The van der Waals surface area contributed by atoms with Gasteiger partial charge in [-0.05, 0) is 23.9 Å². The van der Waals surface area contributed by atoms with Crippen LogP contribution in [0.1, 0.15) is 32.1 Å². The number of rotatable bonds is 10. The minimum atomic E-state index is -3.70.